The van der Waals surface area contributed by atoms with Crippen molar-refractivity contribution < 1.29 is 4.74 Å². The van der Waals surface area contributed by atoms with Crippen molar-refractivity contribution in [1.82, 2.24) is 0 Å². The Morgan fingerprint density at radius 3 is 2.12 bits per heavy atom. The third-order valence-electron chi connectivity index (χ3n) is 4.15. The first-order valence-corrected chi connectivity index (χ1v) is 6.65. The summed E-state index contributed by atoms with van der Waals surface area (Å²) in [7, 11) is 1.71. The smallest absolute Gasteiger partial charge is 0.118 e. The lowest BCUT2D eigenvalue weighted by atomic mass is 9.74. The lowest BCUT2D eigenvalue weighted by Crippen LogP contribution is -2.34. The highest BCUT2D eigenvalue weighted by Crippen LogP contribution is 2.37. The molecule has 2 nitrogen and oxygen atoms in total. The Bertz CT molecular complexity index is 336. The zero-order chi connectivity index (χ0) is 12.1. The minimum absolute atomic E-state index is 0.211. The van der Waals surface area contributed by atoms with E-state index in [1.165, 1.54) is 44.1 Å². The van der Waals surface area contributed by atoms with Gasteiger partial charge in [-0.3, -0.25) is 0 Å². The maximum absolute atomic E-state index is 6.08. The Balaban J connectivity index is 2.25. The van der Waals surface area contributed by atoms with Crippen LogP contribution in [-0.2, 0) is 5.41 Å². The summed E-state index contributed by atoms with van der Waals surface area (Å²) in [5.74, 6) is 0.926. The zero-order valence-electron chi connectivity index (χ0n) is 10.7. The van der Waals surface area contributed by atoms with Crippen LogP contribution in [0.3, 0.4) is 0 Å². The molecule has 1 aliphatic rings. The van der Waals surface area contributed by atoms with Crippen molar-refractivity contribution in [2.75, 3.05) is 13.7 Å². The fourth-order valence-electron chi connectivity index (χ4n) is 2.96. The predicted octanol–water partition coefficient (Wildman–Crippen LogP) is 3.25. The Labute approximate surface area is 104 Å². The van der Waals surface area contributed by atoms with Crippen LogP contribution in [0.1, 0.15) is 44.1 Å². The first-order valence-electron chi connectivity index (χ1n) is 6.65. The number of methoxy groups -OCH3 is 1. The molecule has 2 heteroatoms. The molecule has 0 aromatic heterocycles. The van der Waals surface area contributed by atoms with Gasteiger partial charge in [-0.25, -0.2) is 0 Å². The number of hydrogen-bond donors (Lipinski definition) is 1. The highest BCUT2D eigenvalue weighted by atomic mass is 16.5. The van der Waals surface area contributed by atoms with Crippen LogP contribution in [-0.4, -0.2) is 13.7 Å². The second-order valence-electron chi connectivity index (χ2n) is 5.13. The molecule has 94 valence electrons. The molecule has 1 aliphatic carbocycles. The molecule has 0 spiro atoms. The molecule has 0 atom stereocenters. The molecule has 17 heavy (non-hydrogen) atoms. The first kappa shape index (κ1) is 12.4. The monoisotopic (exact) mass is 233 g/mol. The zero-order valence-corrected chi connectivity index (χ0v) is 10.7. The van der Waals surface area contributed by atoms with Gasteiger partial charge in [-0.15, -0.1) is 0 Å². The van der Waals surface area contributed by atoms with Crippen LogP contribution in [0.25, 0.3) is 0 Å². The molecular formula is C15H23NO. The molecule has 0 aliphatic heterocycles. The molecule has 1 saturated carbocycles. The van der Waals surface area contributed by atoms with E-state index >= 15 is 0 Å². The second-order valence-corrected chi connectivity index (χ2v) is 5.13. The van der Waals surface area contributed by atoms with Gasteiger partial charge in [-0.2, -0.15) is 0 Å². The van der Waals surface area contributed by atoms with Gasteiger partial charge in [0.25, 0.3) is 0 Å². The molecule has 0 bridgehead atoms. The van der Waals surface area contributed by atoms with Gasteiger partial charge in [-0.05, 0) is 30.5 Å². The van der Waals surface area contributed by atoms with Crippen LogP contribution in [0.5, 0.6) is 5.75 Å². The molecule has 0 heterocycles. The van der Waals surface area contributed by atoms with Crippen molar-refractivity contribution in [3.63, 3.8) is 0 Å². The van der Waals surface area contributed by atoms with Crippen LogP contribution in [0.2, 0.25) is 0 Å². The highest BCUT2D eigenvalue weighted by molar-refractivity contribution is 5.33. The van der Waals surface area contributed by atoms with E-state index in [-0.39, 0.29) is 5.41 Å². The van der Waals surface area contributed by atoms with Crippen LogP contribution in [0.4, 0.5) is 0 Å². The Hall–Kier alpha value is -1.02. The van der Waals surface area contributed by atoms with Crippen LogP contribution in [0, 0.1) is 0 Å². The molecule has 2 rings (SSSR count). The average Bonchev–Trinajstić information content (AvgIpc) is 2.65. The summed E-state index contributed by atoms with van der Waals surface area (Å²) in [6.07, 6.45) is 7.80. The fourth-order valence-corrected chi connectivity index (χ4v) is 2.96. The van der Waals surface area contributed by atoms with Crippen LogP contribution < -0.4 is 10.5 Å². The quantitative estimate of drug-likeness (QED) is 0.813. The van der Waals surface area contributed by atoms with Crippen molar-refractivity contribution in [3.8, 4) is 5.75 Å². The maximum atomic E-state index is 6.08. The first-order chi connectivity index (χ1) is 8.30. The van der Waals surface area contributed by atoms with Gasteiger partial charge in [0.2, 0.25) is 0 Å². The van der Waals surface area contributed by atoms with E-state index in [1.807, 2.05) is 0 Å². The van der Waals surface area contributed by atoms with Crippen molar-refractivity contribution in [1.29, 1.82) is 0 Å². The van der Waals surface area contributed by atoms with Gasteiger partial charge < -0.3 is 10.5 Å². The predicted molar refractivity (Wildman–Crippen MR) is 71.4 cm³/mol. The molecular weight excluding hydrogens is 210 g/mol. The SMILES string of the molecule is COc1ccc(C2(CN)CCCCCC2)cc1. The minimum atomic E-state index is 0.211. The summed E-state index contributed by atoms with van der Waals surface area (Å²) >= 11 is 0. The number of ether oxygens (including phenoxy) is 1. The van der Waals surface area contributed by atoms with Crippen LogP contribution in [0.15, 0.2) is 24.3 Å². The summed E-state index contributed by atoms with van der Waals surface area (Å²) in [4.78, 5) is 0. The third kappa shape index (κ3) is 2.63. The number of rotatable bonds is 3. The summed E-state index contributed by atoms with van der Waals surface area (Å²) < 4.78 is 5.22. The Morgan fingerprint density at radius 1 is 1.06 bits per heavy atom. The topological polar surface area (TPSA) is 35.2 Å². The average molecular weight is 233 g/mol. The second kappa shape index (κ2) is 5.54. The largest absolute Gasteiger partial charge is 0.497 e. The van der Waals surface area contributed by atoms with Crippen molar-refractivity contribution in [2.24, 2.45) is 5.73 Å². The Morgan fingerprint density at radius 2 is 1.65 bits per heavy atom. The van der Waals surface area contributed by atoms with Gasteiger partial charge in [-0.1, -0.05) is 37.8 Å². The number of benzene rings is 1. The molecule has 1 aromatic rings. The van der Waals surface area contributed by atoms with Gasteiger partial charge >= 0.3 is 0 Å². The summed E-state index contributed by atoms with van der Waals surface area (Å²) in [6, 6.07) is 8.49. The Kier molecular flexibility index (Phi) is 4.06. The van der Waals surface area contributed by atoms with E-state index in [9.17, 15) is 0 Å². The van der Waals surface area contributed by atoms with E-state index in [0.717, 1.165) is 12.3 Å². The summed E-state index contributed by atoms with van der Waals surface area (Å²) in [5, 5.41) is 0. The van der Waals surface area contributed by atoms with E-state index in [2.05, 4.69) is 24.3 Å². The normalized spacial score (nSPS) is 19.6. The number of nitrogens with two attached hydrogens (primary N) is 1. The van der Waals surface area contributed by atoms with Gasteiger partial charge in [0.05, 0.1) is 7.11 Å². The number of hydrogen-bond acceptors (Lipinski definition) is 2. The third-order valence-corrected chi connectivity index (χ3v) is 4.15. The van der Waals surface area contributed by atoms with Crippen molar-refractivity contribution in [2.45, 2.75) is 43.9 Å². The molecule has 0 saturated heterocycles. The van der Waals surface area contributed by atoms with Crippen LogP contribution >= 0.6 is 0 Å². The van der Waals surface area contributed by atoms with E-state index in [4.69, 9.17) is 10.5 Å². The maximum Gasteiger partial charge on any atom is 0.118 e. The van der Waals surface area contributed by atoms with Gasteiger partial charge in [0.15, 0.2) is 0 Å². The summed E-state index contributed by atoms with van der Waals surface area (Å²) in [6.45, 7) is 0.763. The van der Waals surface area contributed by atoms with Crippen molar-refractivity contribution >= 4 is 0 Å². The molecule has 0 unspecified atom stereocenters. The molecule has 1 fully saturated rings. The van der Waals surface area contributed by atoms with E-state index < -0.39 is 0 Å². The lowest BCUT2D eigenvalue weighted by Gasteiger charge is -2.32. The van der Waals surface area contributed by atoms with Gasteiger partial charge in [0.1, 0.15) is 5.75 Å². The minimum Gasteiger partial charge on any atom is -0.497 e. The standard InChI is InChI=1S/C15H23NO/c1-17-14-8-6-13(7-9-14)15(12-16)10-4-2-3-5-11-15/h6-9H,2-5,10-12,16H2,1H3. The lowest BCUT2D eigenvalue weighted by molar-refractivity contribution is 0.379. The van der Waals surface area contributed by atoms with Crippen molar-refractivity contribution in [3.05, 3.63) is 29.8 Å². The molecule has 0 amide bonds. The van der Waals surface area contributed by atoms with E-state index in [0.29, 0.717) is 0 Å². The van der Waals surface area contributed by atoms with Gasteiger partial charge in [0, 0.05) is 12.0 Å². The summed E-state index contributed by atoms with van der Waals surface area (Å²) in [5.41, 5.74) is 7.68. The van der Waals surface area contributed by atoms with E-state index in [1.54, 1.807) is 7.11 Å². The molecule has 0 radical (unpaired) electrons. The fraction of sp³-hybridized carbons (Fsp3) is 0.600. The molecule has 2 N–H and O–H groups in total. The highest BCUT2D eigenvalue weighted by Gasteiger charge is 2.31. The molecule has 1 aromatic carbocycles.